The average molecular weight is 456 g/mol. The molecule has 5 aliphatic rings. The molecule has 0 spiro atoms. The lowest BCUT2D eigenvalue weighted by Crippen LogP contribution is -2.50. The predicted molar refractivity (Wildman–Crippen MR) is 131 cm³/mol. The van der Waals surface area contributed by atoms with Crippen molar-refractivity contribution in [3.8, 4) is 0 Å². The normalized spacial score (nSPS) is 44.7. The van der Waals surface area contributed by atoms with E-state index in [1.165, 1.54) is 37.0 Å². The maximum atomic E-state index is 11.2. The van der Waals surface area contributed by atoms with Crippen LogP contribution in [-0.4, -0.2) is 29.8 Å². The number of hydrogen-bond acceptors (Lipinski definition) is 3. The molecule has 0 radical (unpaired) electrons. The van der Waals surface area contributed by atoms with Crippen LogP contribution in [0.4, 0.5) is 0 Å². The summed E-state index contributed by atoms with van der Waals surface area (Å²) >= 11 is 0. The smallest absolute Gasteiger partial charge is 0.216 e. The monoisotopic (exact) mass is 455 g/mol. The van der Waals surface area contributed by atoms with Crippen LogP contribution >= 0.6 is 0 Å². The van der Waals surface area contributed by atoms with Gasteiger partial charge < -0.3 is 15.2 Å². The molecule has 0 aromatic rings. The highest BCUT2D eigenvalue weighted by atomic mass is 16.5. The molecule has 184 valence electrons. The summed E-state index contributed by atoms with van der Waals surface area (Å²) in [4.78, 5) is 11.2. The lowest BCUT2D eigenvalue weighted by Gasteiger charge is -2.57. The van der Waals surface area contributed by atoms with E-state index in [4.69, 9.17) is 4.74 Å². The number of allylic oxidation sites excluding steroid dienone is 2. The van der Waals surface area contributed by atoms with Gasteiger partial charge in [0.15, 0.2) is 0 Å². The van der Waals surface area contributed by atoms with Gasteiger partial charge in [-0.1, -0.05) is 32.4 Å². The van der Waals surface area contributed by atoms with Gasteiger partial charge in [0.1, 0.15) is 6.10 Å². The maximum absolute atomic E-state index is 11.2. The Morgan fingerprint density at radius 3 is 2.82 bits per heavy atom. The maximum Gasteiger partial charge on any atom is 0.216 e. The van der Waals surface area contributed by atoms with Crippen molar-refractivity contribution in [1.82, 2.24) is 5.32 Å². The molecule has 3 saturated carbocycles. The highest BCUT2D eigenvalue weighted by Crippen LogP contribution is 2.68. The Morgan fingerprint density at radius 2 is 2.06 bits per heavy atom. The molecule has 4 aliphatic carbocycles. The third-order valence-electron chi connectivity index (χ3n) is 10.8. The standard InChI is InChI=1S/C29H45NO3/c1-17(16-30-19(3)31)6-9-25-18(2)27-26(33-25)15-24-22-8-7-20-14-21(32)10-12-28(20,4)23(22)11-13-29(24,27)5/h7,17,21-24,26-27,32H,6,8-16H2,1-5H3,(H,30,31)/t17-,21+,22+,23-,24+,26-,27-,28+,29+/m1/s1. The van der Waals surface area contributed by atoms with Crippen molar-refractivity contribution in [3.63, 3.8) is 0 Å². The summed E-state index contributed by atoms with van der Waals surface area (Å²) in [6, 6.07) is 0. The second-order valence-corrected chi connectivity index (χ2v) is 12.8. The van der Waals surface area contributed by atoms with Crippen LogP contribution < -0.4 is 5.32 Å². The molecule has 0 bridgehead atoms. The van der Waals surface area contributed by atoms with Crippen LogP contribution in [0.1, 0.15) is 92.4 Å². The van der Waals surface area contributed by atoms with Crippen molar-refractivity contribution < 1.29 is 14.6 Å². The predicted octanol–water partition coefficient (Wildman–Crippen LogP) is 5.76. The summed E-state index contributed by atoms with van der Waals surface area (Å²) in [6.45, 7) is 12.0. The first-order chi connectivity index (χ1) is 15.6. The molecule has 1 aliphatic heterocycles. The molecule has 3 fully saturated rings. The first-order valence-electron chi connectivity index (χ1n) is 13.6. The minimum absolute atomic E-state index is 0.0569. The van der Waals surface area contributed by atoms with E-state index in [0.29, 0.717) is 28.8 Å². The fraction of sp³-hybridized carbons (Fsp3) is 0.828. The Balaban J connectivity index is 1.30. The van der Waals surface area contributed by atoms with E-state index < -0.39 is 0 Å². The van der Waals surface area contributed by atoms with Gasteiger partial charge in [-0.15, -0.1) is 0 Å². The molecular weight excluding hydrogens is 410 g/mol. The Kier molecular flexibility index (Phi) is 5.99. The zero-order chi connectivity index (χ0) is 23.5. The number of fused-ring (bicyclic) bond motifs is 7. The summed E-state index contributed by atoms with van der Waals surface area (Å²) < 4.78 is 6.70. The minimum atomic E-state index is -0.124. The summed E-state index contributed by atoms with van der Waals surface area (Å²) in [5.41, 5.74) is 3.75. The fourth-order valence-corrected chi connectivity index (χ4v) is 9.02. The summed E-state index contributed by atoms with van der Waals surface area (Å²) in [5.74, 6) is 4.66. The number of hydrogen-bond donors (Lipinski definition) is 2. The van der Waals surface area contributed by atoms with Gasteiger partial charge >= 0.3 is 0 Å². The van der Waals surface area contributed by atoms with Gasteiger partial charge in [-0.2, -0.15) is 0 Å². The quantitative estimate of drug-likeness (QED) is 0.518. The molecule has 33 heavy (non-hydrogen) atoms. The Morgan fingerprint density at radius 1 is 1.27 bits per heavy atom. The van der Waals surface area contributed by atoms with Gasteiger partial charge in [-0.25, -0.2) is 0 Å². The molecule has 5 rings (SSSR count). The third kappa shape index (κ3) is 3.79. The molecule has 2 N–H and O–H groups in total. The van der Waals surface area contributed by atoms with Crippen LogP contribution in [0.2, 0.25) is 0 Å². The lowest BCUT2D eigenvalue weighted by atomic mass is 9.47. The molecule has 0 unspecified atom stereocenters. The molecule has 1 heterocycles. The Bertz CT molecular complexity index is 861. The molecular formula is C29H45NO3. The van der Waals surface area contributed by atoms with Crippen LogP contribution in [0.3, 0.4) is 0 Å². The van der Waals surface area contributed by atoms with Crippen LogP contribution in [0.25, 0.3) is 0 Å². The SMILES string of the molecule is CC(=O)NC[C@H](C)CCC1=C(C)[C@@H]2[C@@H](C[C@H]3[C@H]4CC=C5C[C@@H](O)CC[C@]5(C)[C@@H]4CC[C@]23C)O1. The van der Waals surface area contributed by atoms with E-state index in [1.807, 2.05) is 0 Å². The second kappa shape index (κ2) is 8.43. The van der Waals surface area contributed by atoms with Crippen LogP contribution in [0.15, 0.2) is 23.0 Å². The summed E-state index contributed by atoms with van der Waals surface area (Å²) in [7, 11) is 0. The van der Waals surface area contributed by atoms with E-state index in [1.54, 1.807) is 12.5 Å². The molecule has 4 heteroatoms. The number of ether oxygens (including phenoxy) is 1. The molecule has 4 nitrogen and oxygen atoms in total. The van der Waals surface area contributed by atoms with Gasteiger partial charge in [0.25, 0.3) is 0 Å². The summed E-state index contributed by atoms with van der Waals surface area (Å²) in [6.07, 6.45) is 13.0. The summed E-state index contributed by atoms with van der Waals surface area (Å²) in [5, 5.41) is 13.2. The number of rotatable bonds is 5. The van der Waals surface area contributed by atoms with Crippen LogP contribution in [0.5, 0.6) is 0 Å². The Hall–Kier alpha value is -1.29. The lowest BCUT2D eigenvalue weighted by molar-refractivity contribution is -0.119. The third-order valence-corrected chi connectivity index (χ3v) is 10.8. The zero-order valence-corrected chi connectivity index (χ0v) is 21.5. The number of nitrogens with one attached hydrogen (secondary N) is 1. The van der Waals surface area contributed by atoms with E-state index in [0.717, 1.165) is 56.4 Å². The molecule has 0 saturated heterocycles. The molecule has 1 amide bonds. The van der Waals surface area contributed by atoms with Crippen molar-refractivity contribution in [3.05, 3.63) is 23.0 Å². The largest absolute Gasteiger partial charge is 0.494 e. The second-order valence-electron chi connectivity index (χ2n) is 12.8. The van der Waals surface area contributed by atoms with Gasteiger partial charge in [0, 0.05) is 25.8 Å². The van der Waals surface area contributed by atoms with Crippen LogP contribution in [-0.2, 0) is 9.53 Å². The molecule has 0 aromatic heterocycles. The highest BCUT2D eigenvalue weighted by molar-refractivity contribution is 5.72. The topological polar surface area (TPSA) is 58.6 Å². The van der Waals surface area contributed by atoms with Crippen molar-refractivity contribution in [1.29, 1.82) is 0 Å². The first kappa shape index (κ1) is 23.5. The first-order valence-corrected chi connectivity index (χ1v) is 13.6. The Labute approximate surface area is 200 Å². The van der Waals surface area contributed by atoms with Gasteiger partial charge in [-0.3, -0.25) is 4.79 Å². The molecule has 0 aromatic carbocycles. The number of amides is 1. The van der Waals surface area contributed by atoms with Crippen molar-refractivity contribution in [2.45, 2.75) is 105 Å². The number of carbonyl (C=O) groups excluding carboxylic acids is 1. The van der Waals surface area contributed by atoms with Crippen LogP contribution in [0, 0.1) is 40.4 Å². The van der Waals surface area contributed by atoms with Gasteiger partial charge in [0.2, 0.25) is 5.91 Å². The number of aliphatic hydroxyl groups excluding tert-OH is 1. The van der Waals surface area contributed by atoms with Gasteiger partial charge in [-0.05, 0) is 98.4 Å². The van der Waals surface area contributed by atoms with E-state index >= 15 is 0 Å². The van der Waals surface area contributed by atoms with Gasteiger partial charge in [0.05, 0.1) is 11.9 Å². The van der Waals surface area contributed by atoms with Crippen molar-refractivity contribution in [2.75, 3.05) is 6.54 Å². The van der Waals surface area contributed by atoms with Crippen molar-refractivity contribution in [2.24, 2.45) is 40.4 Å². The van der Waals surface area contributed by atoms with E-state index in [-0.39, 0.29) is 12.0 Å². The molecule has 9 atom stereocenters. The minimum Gasteiger partial charge on any atom is -0.494 e. The number of carbonyl (C=O) groups is 1. The van der Waals surface area contributed by atoms with Crippen molar-refractivity contribution >= 4 is 5.91 Å². The average Bonchev–Trinajstić information content (AvgIpc) is 3.24. The van der Waals surface area contributed by atoms with E-state index in [2.05, 4.69) is 39.1 Å². The van der Waals surface area contributed by atoms with E-state index in [9.17, 15) is 9.90 Å². The fourth-order valence-electron chi connectivity index (χ4n) is 9.02. The number of aliphatic hydroxyl groups is 1. The highest BCUT2D eigenvalue weighted by Gasteiger charge is 2.63. The zero-order valence-electron chi connectivity index (χ0n) is 21.5.